The van der Waals surface area contributed by atoms with E-state index in [4.69, 9.17) is 21.4 Å². The fraction of sp³-hybridized carbons (Fsp3) is 0.429. The van der Waals surface area contributed by atoms with E-state index < -0.39 is 11.9 Å². The van der Waals surface area contributed by atoms with E-state index in [1.165, 1.54) is 7.11 Å². The number of likely N-dealkylation sites (tertiary alicyclic amines) is 1. The highest BCUT2D eigenvalue weighted by atomic mass is 35.5. The lowest BCUT2D eigenvalue weighted by Crippen LogP contribution is -2.54. The third kappa shape index (κ3) is 3.39. The number of hydrogen-bond acceptors (Lipinski definition) is 3. The summed E-state index contributed by atoms with van der Waals surface area (Å²) in [5.74, 6) is -0.782. The van der Waals surface area contributed by atoms with Crippen LogP contribution in [0.4, 0.5) is 10.5 Å². The molecule has 1 fully saturated rings. The number of carboxylic acid groups (broad SMARTS) is 1. The highest BCUT2D eigenvalue weighted by Crippen LogP contribution is 2.29. The predicted molar refractivity (Wildman–Crippen MR) is 78.9 cm³/mol. The fourth-order valence-electron chi connectivity index (χ4n) is 2.14. The molecule has 2 rings (SSSR count). The van der Waals surface area contributed by atoms with Crippen LogP contribution < -0.4 is 10.1 Å². The first-order valence-corrected chi connectivity index (χ1v) is 6.92. The van der Waals surface area contributed by atoms with Gasteiger partial charge in [-0.15, -0.1) is 0 Å². The zero-order valence-electron chi connectivity index (χ0n) is 11.8. The predicted octanol–water partition coefficient (Wildman–Crippen LogP) is 2.53. The Bertz CT molecular complexity index is 558. The summed E-state index contributed by atoms with van der Waals surface area (Å²) in [7, 11) is 1.50. The van der Waals surface area contributed by atoms with Gasteiger partial charge in [0.2, 0.25) is 0 Å². The summed E-state index contributed by atoms with van der Waals surface area (Å²) in [5.41, 5.74) is 0.580. The number of urea groups is 1. The fourth-order valence-corrected chi connectivity index (χ4v) is 2.33. The minimum absolute atomic E-state index is 0.00741. The van der Waals surface area contributed by atoms with E-state index in [9.17, 15) is 9.59 Å². The van der Waals surface area contributed by atoms with Gasteiger partial charge >= 0.3 is 12.0 Å². The van der Waals surface area contributed by atoms with Gasteiger partial charge in [-0.1, -0.05) is 18.5 Å². The van der Waals surface area contributed by atoms with Crippen molar-refractivity contribution in [3.05, 3.63) is 23.2 Å². The van der Waals surface area contributed by atoms with Crippen molar-refractivity contribution < 1.29 is 19.4 Å². The van der Waals surface area contributed by atoms with Crippen LogP contribution in [-0.4, -0.2) is 42.2 Å². The molecule has 2 amide bonds. The maximum atomic E-state index is 12.0. The van der Waals surface area contributed by atoms with E-state index in [-0.39, 0.29) is 11.9 Å². The van der Waals surface area contributed by atoms with Crippen molar-refractivity contribution in [2.75, 3.05) is 25.5 Å². The van der Waals surface area contributed by atoms with Gasteiger partial charge in [-0.25, -0.2) is 4.79 Å². The number of halogens is 1. The molecule has 1 saturated heterocycles. The number of carbonyl (C=O) groups excluding carboxylic acids is 1. The van der Waals surface area contributed by atoms with Crippen molar-refractivity contribution in [3.63, 3.8) is 0 Å². The molecule has 0 spiro atoms. The second-order valence-electron chi connectivity index (χ2n) is 5.07. The maximum absolute atomic E-state index is 12.0. The number of rotatable bonds is 4. The van der Waals surface area contributed by atoms with E-state index in [1.807, 2.05) is 0 Å². The number of nitrogens with one attached hydrogen (secondary N) is 1. The van der Waals surface area contributed by atoms with Crippen molar-refractivity contribution in [1.82, 2.24) is 4.90 Å². The zero-order valence-corrected chi connectivity index (χ0v) is 12.6. The Morgan fingerprint density at radius 1 is 1.48 bits per heavy atom. The van der Waals surface area contributed by atoms with Crippen molar-refractivity contribution in [2.24, 2.45) is 11.8 Å². The molecule has 114 valence electrons. The molecule has 0 aliphatic carbocycles. The molecule has 1 aliphatic rings. The molecule has 1 atom stereocenters. The summed E-state index contributed by atoms with van der Waals surface area (Å²) in [5, 5.41) is 12.1. The number of hydrogen-bond donors (Lipinski definition) is 2. The van der Waals surface area contributed by atoms with Gasteiger partial charge in [0.25, 0.3) is 0 Å². The SMILES string of the molecule is COc1cc(NC(=O)N2CC(C(C)C(=O)O)C2)ccc1Cl. The highest BCUT2D eigenvalue weighted by molar-refractivity contribution is 6.32. The van der Waals surface area contributed by atoms with Crippen LogP contribution in [0.5, 0.6) is 5.75 Å². The third-order valence-corrected chi connectivity index (χ3v) is 4.01. The van der Waals surface area contributed by atoms with E-state index in [2.05, 4.69) is 5.32 Å². The Labute approximate surface area is 127 Å². The van der Waals surface area contributed by atoms with Gasteiger partial charge < -0.3 is 20.1 Å². The van der Waals surface area contributed by atoms with Gasteiger partial charge in [0.1, 0.15) is 5.75 Å². The van der Waals surface area contributed by atoms with Crippen molar-refractivity contribution >= 4 is 29.3 Å². The molecule has 1 aliphatic heterocycles. The Hall–Kier alpha value is -1.95. The second-order valence-corrected chi connectivity index (χ2v) is 5.48. The van der Waals surface area contributed by atoms with Crippen molar-refractivity contribution in [1.29, 1.82) is 0 Å². The average molecular weight is 313 g/mol. The molecule has 6 nitrogen and oxygen atoms in total. The van der Waals surface area contributed by atoms with Crippen LogP contribution >= 0.6 is 11.6 Å². The van der Waals surface area contributed by atoms with Gasteiger partial charge in [-0.3, -0.25) is 4.79 Å². The third-order valence-electron chi connectivity index (χ3n) is 3.70. The minimum Gasteiger partial charge on any atom is -0.495 e. The highest BCUT2D eigenvalue weighted by Gasteiger charge is 2.37. The number of methoxy groups -OCH3 is 1. The Kier molecular flexibility index (Phi) is 4.57. The molecule has 0 radical (unpaired) electrons. The molecule has 7 heteroatoms. The smallest absolute Gasteiger partial charge is 0.321 e. The van der Waals surface area contributed by atoms with Crippen LogP contribution in [0.3, 0.4) is 0 Å². The van der Waals surface area contributed by atoms with Crippen LogP contribution in [0.1, 0.15) is 6.92 Å². The lowest BCUT2D eigenvalue weighted by Gasteiger charge is -2.41. The Morgan fingerprint density at radius 2 is 2.14 bits per heavy atom. The van der Waals surface area contributed by atoms with Crippen LogP contribution in [0.25, 0.3) is 0 Å². The van der Waals surface area contributed by atoms with Gasteiger partial charge in [0.05, 0.1) is 18.1 Å². The standard InChI is InChI=1S/C14H17ClN2O4/c1-8(13(18)19)9-6-17(7-9)14(20)16-10-3-4-11(15)12(5-10)21-2/h3-5,8-9H,6-7H2,1-2H3,(H,16,20)(H,18,19). The first kappa shape index (κ1) is 15.4. The first-order chi connectivity index (χ1) is 9.92. The summed E-state index contributed by atoms with van der Waals surface area (Å²) in [6, 6.07) is 4.70. The van der Waals surface area contributed by atoms with Gasteiger partial charge in [0, 0.05) is 30.8 Å². The number of carboxylic acids is 1. The summed E-state index contributed by atoms with van der Waals surface area (Å²) in [6.45, 7) is 2.56. The normalized spacial score (nSPS) is 16.0. The molecule has 2 N–H and O–H groups in total. The van der Waals surface area contributed by atoms with Crippen LogP contribution in [0.15, 0.2) is 18.2 Å². The molecule has 1 unspecified atom stereocenters. The van der Waals surface area contributed by atoms with Gasteiger partial charge in [0.15, 0.2) is 0 Å². The first-order valence-electron chi connectivity index (χ1n) is 6.54. The van der Waals surface area contributed by atoms with Crippen LogP contribution in [0.2, 0.25) is 5.02 Å². The number of anilines is 1. The quantitative estimate of drug-likeness (QED) is 0.895. The average Bonchev–Trinajstić information content (AvgIpc) is 2.39. The van der Waals surface area contributed by atoms with Gasteiger partial charge in [-0.05, 0) is 12.1 Å². The number of carbonyl (C=O) groups is 2. The molecule has 1 heterocycles. The molecular formula is C14H17ClN2O4. The summed E-state index contributed by atoms with van der Waals surface area (Å²) in [4.78, 5) is 24.4. The number of nitrogens with zero attached hydrogens (tertiary/aromatic N) is 1. The maximum Gasteiger partial charge on any atom is 0.321 e. The summed E-state index contributed by atoms with van der Waals surface area (Å²) >= 11 is 5.91. The Morgan fingerprint density at radius 3 is 2.71 bits per heavy atom. The molecule has 1 aromatic carbocycles. The molecule has 21 heavy (non-hydrogen) atoms. The minimum atomic E-state index is -0.831. The molecule has 0 saturated carbocycles. The van der Waals surface area contributed by atoms with Crippen LogP contribution in [0, 0.1) is 11.8 Å². The topological polar surface area (TPSA) is 78.9 Å². The second kappa shape index (κ2) is 6.22. The number of amides is 2. The van der Waals surface area contributed by atoms with E-state index >= 15 is 0 Å². The molecule has 1 aromatic rings. The zero-order chi connectivity index (χ0) is 15.6. The summed E-state index contributed by atoms with van der Waals surface area (Å²) < 4.78 is 5.08. The summed E-state index contributed by atoms with van der Waals surface area (Å²) in [6.07, 6.45) is 0. The van der Waals surface area contributed by atoms with E-state index in [0.717, 1.165) is 0 Å². The van der Waals surface area contributed by atoms with Crippen molar-refractivity contribution in [3.8, 4) is 5.75 Å². The van der Waals surface area contributed by atoms with Gasteiger partial charge in [-0.2, -0.15) is 0 Å². The Balaban J connectivity index is 1.90. The lowest BCUT2D eigenvalue weighted by molar-refractivity contribution is -0.144. The van der Waals surface area contributed by atoms with Crippen molar-refractivity contribution in [2.45, 2.75) is 6.92 Å². The molecular weight excluding hydrogens is 296 g/mol. The molecule has 0 bridgehead atoms. The number of benzene rings is 1. The monoisotopic (exact) mass is 312 g/mol. The lowest BCUT2D eigenvalue weighted by atomic mass is 9.87. The van der Waals surface area contributed by atoms with E-state index in [1.54, 1.807) is 30.0 Å². The van der Waals surface area contributed by atoms with E-state index in [0.29, 0.717) is 29.5 Å². The number of aliphatic carboxylic acids is 1. The van der Waals surface area contributed by atoms with Crippen LogP contribution in [-0.2, 0) is 4.79 Å². The molecule has 0 aromatic heterocycles. The number of ether oxygens (including phenoxy) is 1. The largest absolute Gasteiger partial charge is 0.495 e.